The molecule has 0 aliphatic carbocycles. The van der Waals surface area contributed by atoms with E-state index in [2.05, 4.69) is 50.2 Å². The Morgan fingerprint density at radius 3 is 2.54 bits per heavy atom. The summed E-state index contributed by atoms with van der Waals surface area (Å²) >= 11 is 1.61. The SMILES string of the molecule is Cc1ccc2nc(N(CCCN(C)C)C(=O)CCc3ccccc3)sc2c1.[Cl-]. The van der Waals surface area contributed by atoms with E-state index in [1.54, 1.807) is 11.3 Å². The largest absolute Gasteiger partial charge is 1.00 e. The first kappa shape index (κ1) is 22.3. The van der Waals surface area contributed by atoms with Crippen molar-refractivity contribution in [1.82, 2.24) is 9.88 Å². The van der Waals surface area contributed by atoms with Crippen LogP contribution in [0.4, 0.5) is 5.13 Å². The molecule has 0 fully saturated rings. The summed E-state index contributed by atoms with van der Waals surface area (Å²) in [5.41, 5.74) is 3.38. The van der Waals surface area contributed by atoms with Crippen LogP contribution < -0.4 is 17.3 Å². The Kier molecular flexibility index (Phi) is 8.42. The fourth-order valence-electron chi connectivity index (χ4n) is 3.04. The molecule has 1 heterocycles. The fourth-order valence-corrected chi connectivity index (χ4v) is 4.15. The molecule has 3 aromatic rings. The number of amides is 1. The van der Waals surface area contributed by atoms with E-state index in [9.17, 15) is 4.79 Å². The van der Waals surface area contributed by atoms with Gasteiger partial charge in [-0.05, 0) is 63.7 Å². The highest BCUT2D eigenvalue weighted by Crippen LogP contribution is 2.30. The molecule has 0 aliphatic rings. The Morgan fingerprint density at radius 1 is 1.07 bits per heavy atom. The van der Waals surface area contributed by atoms with E-state index in [0.717, 1.165) is 34.7 Å². The number of carbonyl (C=O) groups is 1. The van der Waals surface area contributed by atoms with Crippen molar-refractivity contribution in [3.63, 3.8) is 0 Å². The van der Waals surface area contributed by atoms with Crippen molar-refractivity contribution < 1.29 is 17.2 Å². The van der Waals surface area contributed by atoms with Crippen LogP contribution in [0.5, 0.6) is 0 Å². The molecule has 28 heavy (non-hydrogen) atoms. The summed E-state index contributed by atoms with van der Waals surface area (Å²) < 4.78 is 1.14. The third-order valence-corrected chi connectivity index (χ3v) is 5.56. The molecule has 6 heteroatoms. The van der Waals surface area contributed by atoms with Crippen LogP contribution in [0, 0.1) is 6.92 Å². The van der Waals surface area contributed by atoms with Crippen LogP contribution in [-0.4, -0.2) is 43.0 Å². The third kappa shape index (κ3) is 6.03. The molecule has 0 aliphatic heterocycles. The van der Waals surface area contributed by atoms with Gasteiger partial charge in [0.15, 0.2) is 5.13 Å². The van der Waals surface area contributed by atoms with Gasteiger partial charge in [-0.25, -0.2) is 4.98 Å². The summed E-state index contributed by atoms with van der Waals surface area (Å²) in [6.45, 7) is 3.73. The summed E-state index contributed by atoms with van der Waals surface area (Å²) in [6.07, 6.45) is 2.19. The number of aryl methyl sites for hydroxylation is 2. The monoisotopic (exact) mass is 416 g/mol. The molecule has 2 aromatic carbocycles. The minimum atomic E-state index is 0. The molecule has 0 atom stereocenters. The highest BCUT2D eigenvalue weighted by atomic mass is 35.5. The van der Waals surface area contributed by atoms with Crippen molar-refractivity contribution in [3.05, 3.63) is 59.7 Å². The maximum atomic E-state index is 13.0. The van der Waals surface area contributed by atoms with Gasteiger partial charge in [-0.15, -0.1) is 0 Å². The van der Waals surface area contributed by atoms with Crippen molar-refractivity contribution in [2.24, 2.45) is 0 Å². The number of fused-ring (bicyclic) bond motifs is 1. The molecular weight excluding hydrogens is 390 g/mol. The Bertz CT molecular complexity index is 895. The zero-order chi connectivity index (χ0) is 19.2. The average molecular weight is 417 g/mol. The predicted octanol–water partition coefficient (Wildman–Crippen LogP) is 1.53. The van der Waals surface area contributed by atoms with E-state index in [-0.39, 0.29) is 18.3 Å². The van der Waals surface area contributed by atoms with Crippen LogP contribution in [0.3, 0.4) is 0 Å². The number of hydrogen-bond acceptors (Lipinski definition) is 4. The number of anilines is 1. The second kappa shape index (κ2) is 10.6. The summed E-state index contributed by atoms with van der Waals surface area (Å²) in [5.74, 6) is 0.147. The fraction of sp³-hybridized carbons (Fsp3) is 0.364. The lowest BCUT2D eigenvalue weighted by molar-refractivity contribution is -0.118. The number of carbonyl (C=O) groups excluding carboxylic acids is 1. The van der Waals surface area contributed by atoms with Gasteiger partial charge in [-0.2, -0.15) is 0 Å². The molecule has 0 saturated heterocycles. The molecule has 0 radical (unpaired) electrons. The van der Waals surface area contributed by atoms with Crippen LogP contribution in [0.25, 0.3) is 10.2 Å². The molecule has 4 nitrogen and oxygen atoms in total. The van der Waals surface area contributed by atoms with E-state index in [4.69, 9.17) is 4.98 Å². The van der Waals surface area contributed by atoms with Crippen LogP contribution in [0.15, 0.2) is 48.5 Å². The molecule has 0 unspecified atom stereocenters. The van der Waals surface area contributed by atoms with Gasteiger partial charge in [0, 0.05) is 13.0 Å². The summed E-state index contributed by atoms with van der Waals surface area (Å²) in [7, 11) is 4.12. The van der Waals surface area contributed by atoms with E-state index >= 15 is 0 Å². The third-order valence-electron chi connectivity index (χ3n) is 4.52. The minimum absolute atomic E-state index is 0. The number of benzene rings is 2. The lowest BCUT2D eigenvalue weighted by Gasteiger charge is -2.21. The summed E-state index contributed by atoms with van der Waals surface area (Å²) in [4.78, 5) is 21.8. The van der Waals surface area contributed by atoms with Crippen LogP contribution in [0.1, 0.15) is 24.0 Å². The lowest BCUT2D eigenvalue weighted by atomic mass is 10.1. The van der Waals surface area contributed by atoms with Crippen molar-refractivity contribution >= 4 is 32.6 Å². The first-order valence-corrected chi connectivity index (χ1v) is 10.2. The first-order chi connectivity index (χ1) is 13.0. The maximum Gasteiger partial charge on any atom is 0.229 e. The molecular formula is C22H27ClN3OS-. The van der Waals surface area contributed by atoms with Crippen molar-refractivity contribution in [3.8, 4) is 0 Å². The number of rotatable bonds is 8. The predicted molar refractivity (Wildman–Crippen MR) is 115 cm³/mol. The van der Waals surface area contributed by atoms with Gasteiger partial charge < -0.3 is 17.3 Å². The molecule has 3 rings (SSSR count). The smallest absolute Gasteiger partial charge is 0.229 e. The highest BCUT2D eigenvalue weighted by Gasteiger charge is 2.19. The molecule has 1 aromatic heterocycles. The molecule has 1 amide bonds. The van der Waals surface area contributed by atoms with Gasteiger partial charge in [0.1, 0.15) is 0 Å². The summed E-state index contributed by atoms with van der Waals surface area (Å²) in [5, 5.41) is 0.812. The first-order valence-electron chi connectivity index (χ1n) is 9.39. The average Bonchev–Trinajstić information content (AvgIpc) is 3.06. The Balaban J connectivity index is 0.00000280. The molecule has 0 spiro atoms. The van der Waals surface area contributed by atoms with Crippen LogP contribution in [-0.2, 0) is 11.2 Å². The van der Waals surface area contributed by atoms with E-state index in [1.165, 1.54) is 11.1 Å². The van der Waals surface area contributed by atoms with Crippen molar-refractivity contribution in [1.29, 1.82) is 0 Å². The Morgan fingerprint density at radius 2 is 1.82 bits per heavy atom. The Labute approximate surface area is 177 Å². The van der Waals surface area contributed by atoms with Gasteiger partial charge in [-0.1, -0.05) is 47.7 Å². The van der Waals surface area contributed by atoms with Crippen LogP contribution >= 0.6 is 11.3 Å². The number of halogens is 1. The normalized spacial score (nSPS) is 10.9. The van der Waals surface area contributed by atoms with Crippen LogP contribution in [0.2, 0.25) is 0 Å². The van der Waals surface area contributed by atoms with Crippen molar-refractivity contribution in [2.45, 2.75) is 26.2 Å². The van der Waals surface area contributed by atoms with Gasteiger partial charge in [0.2, 0.25) is 5.91 Å². The van der Waals surface area contributed by atoms with Crippen molar-refractivity contribution in [2.75, 3.05) is 32.1 Å². The minimum Gasteiger partial charge on any atom is -1.00 e. The maximum absolute atomic E-state index is 13.0. The zero-order valence-corrected chi connectivity index (χ0v) is 18.3. The van der Waals surface area contributed by atoms with Gasteiger partial charge >= 0.3 is 0 Å². The second-order valence-corrected chi connectivity index (χ2v) is 8.16. The number of aromatic nitrogens is 1. The number of thiazole rings is 1. The molecule has 0 N–H and O–H groups in total. The van der Waals surface area contributed by atoms with Gasteiger partial charge in [0.05, 0.1) is 10.2 Å². The standard InChI is InChI=1S/C22H27N3OS.ClH/c1-17-10-12-19-20(16-17)27-22(23-19)25(15-7-14-24(2)3)21(26)13-11-18-8-5-4-6-9-18;/h4-6,8-10,12,16H,7,11,13-15H2,1-3H3;1H/p-1. The highest BCUT2D eigenvalue weighted by molar-refractivity contribution is 7.22. The topological polar surface area (TPSA) is 36.4 Å². The van der Waals surface area contributed by atoms with Gasteiger partial charge in [-0.3, -0.25) is 9.69 Å². The molecule has 0 saturated carbocycles. The second-order valence-electron chi connectivity index (χ2n) is 7.16. The summed E-state index contributed by atoms with van der Waals surface area (Å²) in [6, 6.07) is 16.4. The Hall–Kier alpha value is -1.95. The quantitative estimate of drug-likeness (QED) is 0.558. The van der Waals surface area contributed by atoms with E-state index < -0.39 is 0 Å². The van der Waals surface area contributed by atoms with E-state index in [1.807, 2.05) is 29.2 Å². The van der Waals surface area contributed by atoms with Gasteiger partial charge in [0.25, 0.3) is 0 Å². The number of nitrogens with zero attached hydrogens (tertiary/aromatic N) is 3. The zero-order valence-electron chi connectivity index (χ0n) is 16.7. The lowest BCUT2D eigenvalue weighted by Crippen LogP contribution is -3.00. The molecule has 0 bridgehead atoms. The number of hydrogen-bond donors (Lipinski definition) is 0. The molecule has 150 valence electrons. The van der Waals surface area contributed by atoms with E-state index in [0.29, 0.717) is 13.0 Å².